The van der Waals surface area contributed by atoms with E-state index in [4.69, 9.17) is 16.3 Å². The molecule has 2 aromatic rings. The third-order valence-electron chi connectivity index (χ3n) is 2.72. The van der Waals surface area contributed by atoms with Crippen LogP contribution in [-0.4, -0.2) is 5.17 Å². The molecule has 2 nitrogen and oxygen atoms in total. The summed E-state index contributed by atoms with van der Waals surface area (Å²) < 4.78 is 18.9. The zero-order valence-corrected chi connectivity index (χ0v) is 10.3. The molecule has 0 radical (unpaired) electrons. The average Bonchev–Trinajstić information content (AvgIpc) is 2.44. The molecule has 90 valence electrons. The van der Waals surface area contributed by atoms with Gasteiger partial charge in [-0.3, -0.25) is 0 Å². The monoisotopic (exact) mass is 261 g/mol. The summed E-state index contributed by atoms with van der Waals surface area (Å²) in [7, 11) is 0. The number of aliphatic imine (C=N–C) groups is 1. The quantitative estimate of drug-likeness (QED) is 0.681. The molecule has 0 fully saturated rings. The lowest BCUT2D eigenvalue weighted by molar-refractivity contribution is 0.478. The molecule has 3 rings (SSSR count). The van der Waals surface area contributed by atoms with Crippen molar-refractivity contribution < 1.29 is 9.13 Å². The van der Waals surface area contributed by atoms with Crippen LogP contribution in [0.2, 0.25) is 0 Å². The Hall–Kier alpha value is -1.87. The number of fused-ring (bicyclic) bond motifs is 2. The summed E-state index contributed by atoms with van der Waals surface area (Å²) in [5.41, 5.74) is 2.27. The Balaban J connectivity index is 2.23. The normalized spacial score (nSPS) is 12.9. The second-order valence-electron chi connectivity index (χ2n) is 4.12. The van der Waals surface area contributed by atoms with Gasteiger partial charge in [-0.25, -0.2) is 9.38 Å². The first-order chi connectivity index (χ1) is 8.63. The number of hydrogen-bond donors (Lipinski definition) is 0. The molecule has 1 heterocycles. The van der Waals surface area contributed by atoms with E-state index < -0.39 is 0 Å². The Labute approximate surface area is 109 Å². The Morgan fingerprint density at radius 3 is 2.78 bits per heavy atom. The van der Waals surface area contributed by atoms with E-state index in [2.05, 4.69) is 4.99 Å². The fraction of sp³-hybridized carbons (Fsp3) is 0.0714. The van der Waals surface area contributed by atoms with Crippen molar-refractivity contribution in [1.82, 2.24) is 0 Å². The van der Waals surface area contributed by atoms with E-state index in [-0.39, 0.29) is 5.82 Å². The number of ether oxygens (including phenoxy) is 1. The van der Waals surface area contributed by atoms with Crippen molar-refractivity contribution in [2.45, 2.75) is 6.92 Å². The van der Waals surface area contributed by atoms with E-state index in [1.165, 1.54) is 12.1 Å². The number of aryl methyl sites for hydroxylation is 1. The number of nitrogens with zero attached hydrogens (tertiary/aromatic N) is 1. The SMILES string of the molecule is Cc1ccc2c(c1)Oc1cc(F)ccc1C(Cl)=N2. The molecule has 2 aromatic carbocycles. The van der Waals surface area contributed by atoms with Gasteiger partial charge in [-0.05, 0) is 36.8 Å². The predicted molar refractivity (Wildman–Crippen MR) is 69.7 cm³/mol. The van der Waals surface area contributed by atoms with Gasteiger partial charge >= 0.3 is 0 Å². The molecule has 4 heteroatoms. The van der Waals surface area contributed by atoms with Crippen molar-refractivity contribution in [3.05, 3.63) is 53.3 Å². The topological polar surface area (TPSA) is 21.6 Å². The fourth-order valence-corrected chi connectivity index (χ4v) is 2.08. The molecule has 18 heavy (non-hydrogen) atoms. The predicted octanol–water partition coefficient (Wildman–Crippen LogP) is 4.56. The maximum atomic E-state index is 13.2. The second kappa shape index (κ2) is 4.10. The lowest BCUT2D eigenvalue weighted by Crippen LogP contribution is -1.94. The molecule has 0 saturated carbocycles. The molecule has 0 aliphatic carbocycles. The lowest BCUT2D eigenvalue weighted by Gasteiger charge is -2.08. The molecular formula is C14H9ClFNO. The molecule has 1 aliphatic heterocycles. The second-order valence-corrected chi connectivity index (χ2v) is 4.47. The first-order valence-electron chi connectivity index (χ1n) is 5.46. The lowest BCUT2D eigenvalue weighted by atomic mass is 10.2. The maximum Gasteiger partial charge on any atom is 0.153 e. The maximum absolute atomic E-state index is 13.2. The van der Waals surface area contributed by atoms with E-state index in [1.807, 2.05) is 25.1 Å². The molecule has 0 aromatic heterocycles. The van der Waals surface area contributed by atoms with Crippen LogP contribution in [0.5, 0.6) is 11.5 Å². The van der Waals surface area contributed by atoms with Crippen LogP contribution in [0.4, 0.5) is 10.1 Å². The van der Waals surface area contributed by atoms with E-state index in [0.29, 0.717) is 27.9 Å². The highest BCUT2D eigenvalue weighted by atomic mass is 35.5. The van der Waals surface area contributed by atoms with Crippen molar-refractivity contribution in [2.75, 3.05) is 0 Å². The highest BCUT2D eigenvalue weighted by Crippen LogP contribution is 2.38. The first-order valence-corrected chi connectivity index (χ1v) is 5.84. The highest BCUT2D eigenvalue weighted by Gasteiger charge is 2.17. The van der Waals surface area contributed by atoms with Crippen molar-refractivity contribution >= 4 is 22.5 Å². The zero-order valence-electron chi connectivity index (χ0n) is 9.58. The first kappa shape index (κ1) is 11.2. The van der Waals surface area contributed by atoms with Gasteiger partial charge in [0, 0.05) is 6.07 Å². The van der Waals surface area contributed by atoms with E-state index in [9.17, 15) is 4.39 Å². The summed E-state index contributed by atoms with van der Waals surface area (Å²) in [5.74, 6) is 0.597. The van der Waals surface area contributed by atoms with Crippen LogP contribution in [0, 0.1) is 12.7 Å². The van der Waals surface area contributed by atoms with Crippen LogP contribution >= 0.6 is 11.6 Å². The fourth-order valence-electron chi connectivity index (χ4n) is 1.83. The number of rotatable bonds is 0. The van der Waals surface area contributed by atoms with Crippen LogP contribution in [0.1, 0.15) is 11.1 Å². The van der Waals surface area contributed by atoms with Crippen molar-refractivity contribution in [3.63, 3.8) is 0 Å². The van der Waals surface area contributed by atoms with E-state index in [1.54, 1.807) is 6.07 Å². The number of halogens is 2. The van der Waals surface area contributed by atoms with Gasteiger partial charge in [0.25, 0.3) is 0 Å². The molecule has 1 aliphatic rings. The molecular weight excluding hydrogens is 253 g/mol. The van der Waals surface area contributed by atoms with Gasteiger partial charge in [0.15, 0.2) is 5.75 Å². The third kappa shape index (κ3) is 1.87. The standard InChI is InChI=1S/C14H9ClFNO/c1-8-2-5-11-13(6-8)18-12-7-9(16)3-4-10(12)14(15)17-11/h2-7H,1H3. The zero-order chi connectivity index (χ0) is 12.7. The largest absolute Gasteiger partial charge is 0.454 e. The number of hydrogen-bond acceptors (Lipinski definition) is 2. The summed E-state index contributed by atoms with van der Waals surface area (Å²) in [4.78, 5) is 4.29. The van der Waals surface area contributed by atoms with Gasteiger partial charge in [0.1, 0.15) is 22.4 Å². The van der Waals surface area contributed by atoms with Gasteiger partial charge < -0.3 is 4.74 Å². The van der Waals surface area contributed by atoms with Crippen molar-refractivity contribution in [3.8, 4) is 11.5 Å². The Morgan fingerprint density at radius 2 is 1.94 bits per heavy atom. The van der Waals surface area contributed by atoms with Crippen LogP contribution < -0.4 is 4.74 Å². The highest BCUT2D eigenvalue weighted by molar-refractivity contribution is 6.70. The van der Waals surface area contributed by atoms with Crippen LogP contribution in [0.25, 0.3) is 0 Å². The average molecular weight is 262 g/mol. The molecule has 0 bridgehead atoms. The van der Waals surface area contributed by atoms with Crippen LogP contribution in [-0.2, 0) is 0 Å². The van der Waals surface area contributed by atoms with Gasteiger partial charge in [-0.2, -0.15) is 0 Å². The molecule has 0 unspecified atom stereocenters. The van der Waals surface area contributed by atoms with E-state index in [0.717, 1.165) is 5.56 Å². The summed E-state index contributed by atoms with van der Waals surface area (Å²) >= 11 is 6.12. The Bertz CT molecular complexity index is 667. The van der Waals surface area contributed by atoms with Gasteiger partial charge in [-0.15, -0.1) is 0 Å². The molecule has 0 N–H and O–H groups in total. The molecule has 0 saturated heterocycles. The molecule has 0 amide bonds. The van der Waals surface area contributed by atoms with E-state index >= 15 is 0 Å². The van der Waals surface area contributed by atoms with Crippen molar-refractivity contribution in [1.29, 1.82) is 0 Å². The minimum Gasteiger partial charge on any atom is -0.454 e. The smallest absolute Gasteiger partial charge is 0.153 e. The van der Waals surface area contributed by atoms with Crippen LogP contribution in [0.15, 0.2) is 41.4 Å². The molecule has 0 atom stereocenters. The van der Waals surface area contributed by atoms with Crippen molar-refractivity contribution in [2.24, 2.45) is 4.99 Å². The molecule has 0 spiro atoms. The summed E-state index contributed by atoms with van der Waals surface area (Å²) in [5, 5.41) is 0.299. The third-order valence-corrected chi connectivity index (χ3v) is 3.01. The summed E-state index contributed by atoms with van der Waals surface area (Å²) in [6.07, 6.45) is 0. The minimum absolute atomic E-state index is 0.299. The van der Waals surface area contributed by atoms with Gasteiger partial charge in [-0.1, -0.05) is 17.7 Å². The minimum atomic E-state index is -0.366. The van der Waals surface area contributed by atoms with Gasteiger partial charge in [0.2, 0.25) is 0 Å². The van der Waals surface area contributed by atoms with Crippen LogP contribution in [0.3, 0.4) is 0 Å². The Morgan fingerprint density at radius 1 is 1.11 bits per heavy atom. The Kier molecular flexibility index (Phi) is 2.56. The van der Waals surface area contributed by atoms with Gasteiger partial charge in [0.05, 0.1) is 5.56 Å². The number of benzene rings is 2. The summed E-state index contributed by atoms with van der Waals surface area (Å²) in [6.45, 7) is 1.95. The summed E-state index contributed by atoms with van der Waals surface area (Å²) in [6, 6.07) is 9.81.